The Bertz CT molecular complexity index is 2330. The first-order valence-corrected chi connectivity index (χ1v) is 19.7. The van der Waals surface area contributed by atoms with E-state index in [9.17, 15) is 16.8 Å². The largest absolute Gasteiger partial charge is 0.457 e. The molecule has 2 aliphatic heterocycles. The Hall–Kier alpha value is -4.96. The van der Waals surface area contributed by atoms with Gasteiger partial charge in [-0.05, 0) is 97.8 Å². The zero-order chi connectivity index (χ0) is 35.3. The molecule has 15 heteroatoms. The summed E-state index contributed by atoms with van der Waals surface area (Å²) in [7, 11) is -8.00. The molecule has 0 bridgehead atoms. The lowest BCUT2D eigenvalue weighted by Gasteiger charge is -2.29. The Balaban J connectivity index is 1.01. The second-order valence-corrected chi connectivity index (χ2v) is 16.4. The van der Waals surface area contributed by atoms with Gasteiger partial charge >= 0.3 is 0 Å². The van der Waals surface area contributed by atoms with Crippen LogP contribution in [0.4, 0.5) is 11.4 Å². The van der Waals surface area contributed by atoms with Crippen molar-refractivity contribution >= 4 is 53.2 Å². The number of aryl methyl sites for hydroxylation is 2. The molecule has 8 rings (SSSR count). The summed E-state index contributed by atoms with van der Waals surface area (Å²) in [6.45, 7) is 10.7. The lowest BCUT2D eigenvalue weighted by Crippen LogP contribution is -2.43. The van der Waals surface area contributed by atoms with Crippen molar-refractivity contribution in [2.45, 2.75) is 23.6 Å². The van der Waals surface area contributed by atoms with E-state index in [1.807, 2.05) is 24.3 Å². The van der Waals surface area contributed by atoms with Crippen molar-refractivity contribution in [3.05, 3.63) is 96.3 Å². The van der Waals surface area contributed by atoms with Gasteiger partial charge in [-0.15, -0.1) is 0 Å². The van der Waals surface area contributed by atoms with E-state index in [-0.39, 0.29) is 9.79 Å². The molecule has 6 aromatic rings. The highest BCUT2D eigenvalue weighted by Gasteiger charge is 2.25. The SMILES string of the molecule is Cc1cc(S(=O)(=O)n2ncc3cc(N4CCNCC4)ccc32)ccc1Oc1ccc(S(=O)(=O)n2ncc3cc(N4CCNCC4)ccc32)cc1C. The van der Waals surface area contributed by atoms with Crippen LogP contribution in [0, 0.1) is 13.8 Å². The number of hydrogen-bond donors (Lipinski definition) is 2. The molecule has 264 valence electrons. The molecule has 2 aromatic heterocycles. The van der Waals surface area contributed by atoms with Crippen LogP contribution in [-0.4, -0.2) is 87.6 Å². The minimum atomic E-state index is -4.00. The van der Waals surface area contributed by atoms with Crippen LogP contribution in [0.1, 0.15) is 11.1 Å². The highest BCUT2D eigenvalue weighted by molar-refractivity contribution is 7.90. The van der Waals surface area contributed by atoms with Crippen molar-refractivity contribution in [1.29, 1.82) is 0 Å². The summed E-state index contributed by atoms with van der Waals surface area (Å²) in [5.74, 6) is 0.883. The molecule has 2 aliphatic rings. The maximum absolute atomic E-state index is 13.7. The van der Waals surface area contributed by atoms with Gasteiger partial charge in [0.2, 0.25) is 0 Å². The Morgan fingerprint density at radius 2 is 0.980 bits per heavy atom. The zero-order valence-electron chi connectivity index (χ0n) is 28.3. The van der Waals surface area contributed by atoms with Crippen LogP contribution in [0.2, 0.25) is 0 Å². The Kier molecular flexibility index (Phi) is 8.45. The van der Waals surface area contributed by atoms with Gasteiger partial charge < -0.3 is 25.2 Å². The molecule has 2 saturated heterocycles. The van der Waals surface area contributed by atoms with Crippen LogP contribution in [0.15, 0.2) is 95.0 Å². The molecule has 2 N–H and O–H groups in total. The maximum atomic E-state index is 13.7. The second kappa shape index (κ2) is 13.0. The van der Waals surface area contributed by atoms with E-state index in [2.05, 4.69) is 30.6 Å². The quantitative estimate of drug-likeness (QED) is 0.234. The zero-order valence-corrected chi connectivity index (χ0v) is 29.9. The summed E-state index contributed by atoms with van der Waals surface area (Å²) in [4.78, 5) is 4.69. The molecule has 0 radical (unpaired) electrons. The molecule has 51 heavy (non-hydrogen) atoms. The van der Waals surface area contributed by atoms with Gasteiger partial charge in [-0.3, -0.25) is 0 Å². The number of aromatic nitrogens is 4. The van der Waals surface area contributed by atoms with Crippen LogP contribution in [0.25, 0.3) is 21.8 Å². The Morgan fingerprint density at radius 3 is 1.37 bits per heavy atom. The van der Waals surface area contributed by atoms with E-state index in [0.29, 0.717) is 33.7 Å². The van der Waals surface area contributed by atoms with Gasteiger partial charge in [0.05, 0.1) is 33.2 Å². The van der Waals surface area contributed by atoms with E-state index >= 15 is 0 Å². The average Bonchev–Trinajstić information content (AvgIpc) is 3.79. The topological polar surface area (TPSA) is 144 Å². The van der Waals surface area contributed by atoms with Crippen molar-refractivity contribution < 1.29 is 21.6 Å². The van der Waals surface area contributed by atoms with Crippen molar-refractivity contribution in [3.63, 3.8) is 0 Å². The number of piperazine rings is 2. The predicted octanol–water partition coefficient (Wildman–Crippen LogP) is 4.09. The van der Waals surface area contributed by atoms with Crippen LogP contribution >= 0.6 is 0 Å². The molecule has 0 saturated carbocycles. The standard InChI is InChI=1S/C36H38N8O5S2/c1-25-19-31(50(45,46)43-33-7-3-29(21-27(33)23-39-43)41-15-11-37-12-16-41)5-9-35(25)49-36-10-6-32(20-26(36)2)51(47,48)44-34-8-4-30(22-28(34)24-40-44)42-17-13-38-14-18-42/h3-10,19-24,37-38H,11-18H2,1-2H3. The number of fused-ring (bicyclic) bond motifs is 2. The summed E-state index contributed by atoms with van der Waals surface area (Å²) in [5, 5.41) is 16.7. The summed E-state index contributed by atoms with van der Waals surface area (Å²) in [5.41, 5.74) is 4.25. The van der Waals surface area contributed by atoms with Gasteiger partial charge in [-0.25, -0.2) is 0 Å². The molecule has 0 aliphatic carbocycles. The van der Waals surface area contributed by atoms with Gasteiger partial charge in [-0.1, -0.05) is 0 Å². The van der Waals surface area contributed by atoms with Crippen molar-refractivity contribution in [1.82, 2.24) is 29.0 Å². The monoisotopic (exact) mass is 726 g/mol. The highest BCUT2D eigenvalue weighted by Crippen LogP contribution is 2.33. The van der Waals surface area contributed by atoms with Crippen LogP contribution in [0.3, 0.4) is 0 Å². The smallest absolute Gasteiger partial charge is 0.283 e. The molecule has 2 fully saturated rings. The first-order valence-electron chi connectivity index (χ1n) is 16.9. The number of anilines is 2. The van der Waals surface area contributed by atoms with E-state index in [4.69, 9.17) is 4.74 Å². The molecule has 13 nitrogen and oxygen atoms in total. The van der Waals surface area contributed by atoms with Crippen LogP contribution < -0.4 is 25.2 Å². The van der Waals surface area contributed by atoms with Crippen molar-refractivity contribution in [2.75, 3.05) is 62.2 Å². The second-order valence-electron chi connectivity index (χ2n) is 12.9. The molecular weight excluding hydrogens is 689 g/mol. The number of benzene rings is 4. The van der Waals surface area contributed by atoms with Gasteiger partial charge in [-0.2, -0.15) is 35.2 Å². The Morgan fingerprint density at radius 1 is 0.569 bits per heavy atom. The van der Waals surface area contributed by atoms with E-state index < -0.39 is 20.0 Å². The number of hydrogen-bond acceptors (Lipinski definition) is 11. The first-order chi connectivity index (χ1) is 24.6. The van der Waals surface area contributed by atoms with Crippen molar-refractivity contribution in [2.24, 2.45) is 0 Å². The van der Waals surface area contributed by atoms with E-state index in [0.717, 1.165) is 82.7 Å². The Labute approximate surface area is 296 Å². The summed E-state index contributed by atoms with van der Waals surface area (Å²) >= 11 is 0. The number of rotatable bonds is 8. The van der Waals surface area contributed by atoms with Gasteiger partial charge in [0.25, 0.3) is 20.0 Å². The fourth-order valence-electron chi connectivity index (χ4n) is 6.73. The highest BCUT2D eigenvalue weighted by atomic mass is 32.2. The van der Waals surface area contributed by atoms with Gasteiger partial charge in [0.1, 0.15) is 11.5 Å². The van der Waals surface area contributed by atoms with Crippen LogP contribution in [0.5, 0.6) is 11.5 Å². The van der Waals surface area contributed by atoms with Crippen LogP contribution in [-0.2, 0) is 20.0 Å². The van der Waals surface area contributed by atoms with Crippen molar-refractivity contribution in [3.8, 4) is 11.5 Å². The maximum Gasteiger partial charge on any atom is 0.283 e. The third kappa shape index (κ3) is 6.09. The molecule has 4 aromatic carbocycles. The molecule has 0 amide bonds. The predicted molar refractivity (Wildman–Crippen MR) is 197 cm³/mol. The van der Waals surface area contributed by atoms with Gasteiger partial charge in [0.15, 0.2) is 0 Å². The van der Waals surface area contributed by atoms with E-state index in [1.165, 1.54) is 12.1 Å². The summed E-state index contributed by atoms with van der Waals surface area (Å²) in [6.07, 6.45) is 3.16. The number of ether oxygens (including phenoxy) is 1. The third-order valence-corrected chi connectivity index (χ3v) is 12.8. The number of nitrogens with one attached hydrogen (secondary N) is 2. The molecular formula is C36H38N8O5S2. The average molecular weight is 727 g/mol. The van der Waals surface area contributed by atoms with E-state index in [1.54, 1.807) is 62.6 Å². The molecule has 0 spiro atoms. The molecule has 0 unspecified atom stereocenters. The molecule has 4 heterocycles. The van der Waals surface area contributed by atoms with Gasteiger partial charge in [0, 0.05) is 74.5 Å². The summed E-state index contributed by atoms with van der Waals surface area (Å²) in [6, 6.07) is 20.7. The fourth-order valence-corrected chi connectivity index (χ4v) is 9.45. The first kappa shape index (κ1) is 33.2. The lowest BCUT2D eigenvalue weighted by molar-refractivity contribution is 0.474. The minimum absolute atomic E-state index is 0.0770. The fraction of sp³-hybridized carbons (Fsp3) is 0.278. The third-order valence-electron chi connectivity index (χ3n) is 9.57. The number of nitrogens with zero attached hydrogens (tertiary/aromatic N) is 6. The minimum Gasteiger partial charge on any atom is -0.457 e. The molecule has 0 atom stereocenters. The normalized spacial score (nSPS) is 15.9. The summed E-state index contributed by atoms with van der Waals surface area (Å²) < 4.78 is 63.3. The lowest BCUT2D eigenvalue weighted by atomic mass is 10.2.